The van der Waals surface area contributed by atoms with Crippen LogP contribution in [-0.4, -0.2) is 60.9 Å². The van der Waals surface area contributed by atoms with Crippen LogP contribution in [0.4, 0.5) is 4.79 Å². The minimum atomic E-state index is -0.504. The van der Waals surface area contributed by atoms with Gasteiger partial charge in [0.25, 0.3) is 0 Å². The molecule has 0 spiro atoms. The standard InChI is InChI=1S/C29H39N3O6/c1-2-36-27(34)18-31-29(35)30-17-21-6-12-24(13-7-21)28-37-25(19-32-14-4-3-5-15-32)16-26(38-28)23-10-8-22(20-33)9-11-23/h6-13,25-26,28,33H,2-5,14-20H2,1H3,(H2,30,31,35). The van der Waals surface area contributed by atoms with Crippen LogP contribution in [-0.2, 0) is 32.2 Å². The number of carbonyl (C=O) groups is 2. The van der Waals surface area contributed by atoms with Gasteiger partial charge in [-0.25, -0.2) is 4.79 Å². The SMILES string of the molecule is CCOC(=O)CNC(=O)NCc1ccc(C2OC(CN3CCCCC3)CC(c3ccc(CO)cc3)O2)cc1. The average molecular weight is 526 g/mol. The third-order valence-electron chi connectivity index (χ3n) is 6.93. The largest absolute Gasteiger partial charge is 0.465 e. The van der Waals surface area contributed by atoms with Crippen molar-refractivity contribution in [3.8, 4) is 0 Å². The zero-order valence-electron chi connectivity index (χ0n) is 22.1. The molecule has 3 N–H and O–H groups in total. The fourth-order valence-electron chi connectivity index (χ4n) is 4.86. The number of aliphatic hydroxyl groups is 1. The number of carbonyl (C=O) groups excluding carboxylic acids is 2. The third kappa shape index (κ3) is 8.26. The molecule has 4 rings (SSSR count). The van der Waals surface area contributed by atoms with Crippen LogP contribution in [0.15, 0.2) is 48.5 Å². The molecule has 9 nitrogen and oxygen atoms in total. The average Bonchev–Trinajstić information content (AvgIpc) is 2.96. The second-order valence-electron chi connectivity index (χ2n) is 9.79. The minimum Gasteiger partial charge on any atom is -0.465 e. The molecule has 0 saturated carbocycles. The van der Waals surface area contributed by atoms with E-state index in [9.17, 15) is 14.7 Å². The van der Waals surface area contributed by atoms with Gasteiger partial charge in [0, 0.05) is 25.1 Å². The molecular formula is C29H39N3O6. The summed E-state index contributed by atoms with van der Waals surface area (Å²) in [6, 6.07) is 15.3. The van der Waals surface area contributed by atoms with E-state index >= 15 is 0 Å². The molecule has 2 aromatic rings. The van der Waals surface area contributed by atoms with Gasteiger partial charge in [-0.2, -0.15) is 0 Å². The molecule has 2 fully saturated rings. The third-order valence-corrected chi connectivity index (χ3v) is 6.93. The zero-order valence-corrected chi connectivity index (χ0v) is 22.1. The summed E-state index contributed by atoms with van der Waals surface area (Å²) in [5.41, 5.74) is 3.78. The number of nitrogens with one attached hydrogen (secondary N) is 2. The maximum Gasteiger partial charge on any atom is 0.325 e. The molecular weight excluding hydrogens is 486 g/mol. The molecule has 0 bridgehead atoms. The Kier molecular flexibility index (Phi) is 10.5. The summed E-state index contributed by atoms with van der Waals surface area (Å²) >= 11 is 0. The Balaban J connectivity index is 1.38. The number of aliphatic hydroxyl groups excluding tert-OH is 1. The van der Waals surface area contributed by atoms with Crippen LogP contribution < -0.4 is 10.6 Å². The van der Waals surface area contributed by atoms with Crippen LogP contribution in [0.25, 0.3) is 0 Å². The van der Waals surface area contributed by atoms with Gasteiger partial charge in [-0.1, -0.05) is 55.0 Å². The number of hydrogen-bond donors (Lipinski definition) is 3. The van der Waals surface area contributed by atoms with E-state index in [2.05, 4.69) is 15.5 Å². The van der Waals surface area contributed by atoms with Gasteiger partial charge in [0.05, 0.1) is 25.4 Å². The molecule has 9 heteroatoms. The Bertz CT molecular complexity index is 1020. The van der Waals surface area contributed by atoms with Crippen molar-refractivity contribution in [2.45, 2.75) is 64.3 Å². The van der Waals surface area contributed by atoms with Crippen LogP contribution in [0.3, 0.4) is 0 Å². The maximum absolute atomic E-state index is 12.0. The molecule has 2 aliphatic rings. The maximum atomic E-state index is 12.0. The van der Waals surface area contributed by atoms with Gasteiger partial charge >= 0.3 is 12.0 Å². The predicted octanol–water partition coefficient (Wildman–Crippen LogP) is 3.57. The van der Waals surface area contributed by atoms with Gasteiger partial charge in [0.15, 0.2) is 6.29 Å². The Labute approximate surface area is 224 Å². The van der Waals surface area contributed by atoms with E-state index in [4.69, 9.17) is 14.2 Å². The quantitative estimate of drug-likeness (QED) is 0.407. The van der Waals surface area contributed by atoms with E-state index in [1.54, 1.807) is 6.92 Å². The molecule has 0 aromatic heterocycles. The Morgan fingerprint density at radius 2 is 1.63 bits per heavy atom. The van der Waals surface area contributed by atoms with Crippen molar-refractivity contribution in [1.29, 1.82) is 0 Å². The van der Waals surface area contributed by atoms with E-state index in [0.717, 1.165) is 48.3 Å². The molecule has 2 aromatic carbocycles. The van der Waals surface area contributed by atoms with Gasteiger partial charge in [0.1, 0.15) is 6.54 Å². The minimum absolute atomic E-state index is 0.0172. The first kappa shape index (κ1) is 28.0. The summed E-state index contributed by atoms with van der Waals surface area (Å²) in [5, 5.41) is 14.6. The Morgan fingerprint density at radius 3 is 2.32 bits per heavy atom. The molecule has 2 aliphatic heterocycles. The zero-order chi connectivity index (χ0) is 26.7. The number of hydrogen-bond acceptors (Lipinski definition) is 7. The number of nitrogens with zero attached hydrogens (tertiary/aromatic N) is 1. The number of esters is 1. The summed E-state index contributed by atoms with van der Waals surface area (Å²) in [4.78, 5) is 25.8. The molecule has 3 atom stereocenters. The number of urea groups is 1. The van der Waals surface area contributed by atoms with Gasteiger partial charge in [-0.15, -0.1) is 0 Å². The molecule has 206 valence electrons. The molecule has 2 saturated heterocycles. The molecule has 0 radical (unpaired) electrons. The summed E-state index contributed by atoms with van der Waals surface area (Å²) < 4.78 is 17.7. The summed E-state index contributed by atoms with van der Waals surface area (Å²) in [5.74, 6) is -0.472. The van der Waals surface area contributed by atoms with Gasteiger partial charge in [-0.05, 0) is 49.5 Å². The van der Waals surface area contributed by atoms with Crippen molar-refractivity contribution < 1.29 is 28.9 Å². The molecule has 0 aliphatic carbocycles. The van der Waals surface area contributed by atoms with Crippen molar-refractivity contribution in [3.05, 3.63) is 70.8 Å². The number of rotatable bonds is 10. The van der Waals surface area contributed by atoms with E-state index in [0.29, 0.717) is 6.54 Å². The lowest BCUT2D eigenvalue weighted by Gasteiger charge is -2.39. The number of ether oxygens (including phenoxy) is 3. The number of piperidine rings is 1. The topological polar surface area (TPSA) is 109 Å². The molecule has 3 unspecified atom stereocenters. The highest BCUT2D eigenvalue weighted by atomic mass is 16.7. The second kappa shape index (κ2) is 14.2. The van der Waals surface area contributed by atoms with Crippen molar-refractivity contribution in [2.75, 3.05) is 32.8 Å². The molecule has 2 amide bonds. The number of benzene rings is 2. The van der Waals surface area contributed by atoms with Crippen molar-refractivity contribution in [1.82, 2.24) is 15.5 Å². The lowest BCUT2D eigenvalue weighted by atomic mass is 9.99. The van der Waals surface area contributed by atoms with Crippen LogP contribution in [0.1, 0.15) is 67.3 Å². The van der Waals surface area contributed by atoms with Crippen molar-refractivity contribution >= 4 is 12.0 Å². The molecule has 2 heterocycles. The number of amides is 2. The highest BCUT2D eigenvalue weighted by Crippen LogP contribution is 2.38. The number of likely N-dealkylation sites (tertiary alicyclic amines) is 1. The van der Waals surface area contributed by atoms with Gasteiger partial charge < -0.3 is 34.9 Å². The van der Waals surface area contributed by atoms with E-state index in [1.165, 1.54) is 19.3 Å². The molecule has 38 heavy (non-hydrogen) atoms. The monoisotopic (exact) mass is 525 g/mol. The van der Waals surface area contributed by atoms with Crippen LogP contribution >= 0.6 is 0 Å². The first-order valence-electron chi connectivity index (χ1n) is 13.5. The van der Waals surface area contributed by atoms with Crippen molar-refractivity contribution in [3.63, 3.8) is 0 Å². The van der Waals surface area contributed by atoms with E-state index < -0.39 is 18.3 Å². The van der Waals surface area contributed by atoms with Gasteiger partial charge in [-0.3, -0.25) is 4.79 Å². The first-order chi connectivity index (χ1) is 18.5. The predicted molar refractivity (Wildman–Crippen MR) is 142 cm³/mol. The highest BCUT2D eigenvalue weighted by molar-refractivity contribution is 5.80. The van der Waals surface area contributed by atoms with Crippen LogP contribution in [0.5, 0.6) is 0 Å². The smallest absolute Gasteiger partial charge is 0.325 e. The summed E-state index contributed by atoms with van der Waals surface area (Å²) in [6.07, 6.45) is 3.95. The van der Waals surface area contributed by atoms with E-state index in [1.807, 2.05) is 48.5 Å². The van der Waals surface area contributed by atoms with Crippen LogP contribution in [0.2, 0.25) is 0 Å². The Morgan fingerprint density at radius 1 is 0.947 bits per heavy atom. The fraction of sp³-hybridized carbons (Fsp3) is 0.517. The van der Waals surface area contributed by atoms with Crippen LogP contribution in [0, 0.1) is 0 Å². The lowest BCUT2D eigenvalue weighted by molar-refractivity contribution is -0.253. The normalized spacial score (nSPS) is 22.0. The first-order valence-corrected chi connectivity index (χ1v) is 13.5. The van der Waals surface area contributed by atoms with Crippen molar-refractivity contribution in [2.24, 2.45) is 0 Å². The summed E-state index contributed by atoms with van der Waals surface area (Å²) in [6.45, 7) is 5.26. The second-order valence-corrected chi connectivity index (χ2v) is 9.79. The van der Waals surface area contributed by atoms with Gasteiger partial charge in [0.2, 0.25) is 0 Å². The fourth-order valence-corrected chi connectivity index (χ4v) is 4.86. The Hall–Kier alpha value is -2.98. The summed E-state index contributed by atoms with van der Waals surface area (Å²) in [7, 11) is 0. The highest BCUT2D eigenvalue weighted by Gasteiger charge is 2.33. The lowest BCUT2D eigenvalue weighted by Crippen LogP contribution is -2.41. The van der Waals surface area contributed by atoms with E-state index in [-0.39, 0.29) is 32.0 Å².